The average molecular weight is 319 g/mol. The Morgan fingerprint density at radius 2 is 2.00 bits per heavy atom. The lowest BCUT2D eigenvalue weighted by Gasteiger charge is -2.42. The summed E-state index contributed by atoms with van der Waals surface area (Å²) in [5.74, 6) is 1.95. The first-order valence-electron chi connectivity index (χ1n) is 8.37. The Kier molecular flexibility index (Phi) is 6.13. The summed E-state index contributed by atoms with van der Waals surface area (Å²) in [6.07, 6.45) is 6.44. The third-order valence-electron chi connectivity index (χ3n) is 4.72. The Morgan fingerprint density at radius 3 is 2.57 bits per heavy atom. The maximum atomic E-state index is 6.01. The largest absolute Gasteiger partial charge is 0.493 e. The first-order chi connectivity index (χ1) is 11.1. The smallest absolute Gasteiger partial charge is 0.188 e. The van der Waals surface area contributed by atoms with Gasteiger partial charge in [0.15, 0.2) is 17.5 Å². The van der Waals surface area contributed by atoms with Gasteiger partial charge in [-0.2, -0.15) is 0 Å². The predicted octanol–water partition coefficient (Wildman–Crippen LogP) is 3.08. The van der Waals surface area contributed by atoms with Gasteiger partial charge in [-0.25, -0.2) is 4.99 Å². The molecule has 1 aromatic rings. The number of guanidine groups is 1. The molecule has 0 atom stereocenters. The molecule has 0 unspecified atom stereocenters. The van der Waals surface area contributed by atoms with E-state index < -0.39 is 0 Å². The van der Waals surface area contributed by atoms with Crippen molar-refractivity contribution in [3.63, 3.8) is 0 Å². The summed E-state index contributed by atoms with van der Waals surface area (Å²) >= 11 is 0. The lowest BCUT2D eigenvalue weighted by Crippen LogP contribution is -2.44. The molecule has 0 spiro atoms. The van der Waals surface area contributed by atoms with Crippen LogP contribution in [0.15, 0.2) is 23.2 Å². The van der Waals surface area contributed by atoms with Gasteiger partial charge in [0.05, 0.1) is 20.8 Å². The van der Waals surface area contributed by atoms with E-state index in [2.05, 4.69) is 17.2 Å². The van der Waals surface area contributed by atoms with Crippen LogP contribution in [-0.2, 0) is 6.54 Å². The van der Waals surface area contributed by atoms with Crippen LogP contribution < -0.4 is 20.5 Å². The number of methoxy groups -OCH3 is 2. The molecule has 23 heavy (non-hydrogen) atoms. The first-order valence-corrected chi connectivity index (χ1v) is 8.37. The number of hydrogen-bond donors (Lipinski definition) is 2. The Balaban J connectivity index is 1.89. The van der Waals surface area contributed by atoms with Crippen molar-refractivity contribution in [2.75, 3.05) is 20.8 Å². The van der Waals surface area contributed by atoms with Crippen molar-refractivity contribution in [2.45, 2.75) is 45.6 Å². The molecule has 1 aliphatic carbocycles. The van der Waals surface area contributed by atoms with Gasteiger partial charge in [-0.3, -0.25) is 0 Å². The molecule has 0 aliphatic heterocycles. The maximum absolute atomic E-state index is 6.01. The third kappa shape index (κ3) is 4.53. The molecule has 5 heteroatoms. The highest BCUT2D eigenvalue weighted by Crippen LogP contribution is 2.44. The van der Waals surface area contributed by atoms with Crippen LogP contribution in [0.1, 0.15) is 44.6 Å². The second-order valence-corrected chi connectivity index (χ2v) is 6.35. The number of nitrogens with one attached hydrogen (secondary N) is 1. The standard InChI is InChI=1S/C18H29N3O2/c1-4-8-18(9-5-10-18)13-21-17(19)20-12-14-6-7-15(22-2)16(11-14)23-3/h6-7,11H,4-5,8-10,12-13H2,1-3H3,(H3,19,20,21). The summed E-state index contributed by atoms with van der Waals surface area (Å²) in [5.41, 5.74) is 7.50. The first kappa shape index (κ1) is 17.4. The van der Waals surface area contributed by atoms with E-state index in [-0.39, 0.29) is 0 Å². The number of aliphatic imine (C=N–C) groups is 1. The number of hydrogen-bond acceptors (Lipinski definition) is 3. The fourth-order valence-corrected chi connectivity index (χ4v) is 3.21. The van der Waals surface area contributed by atoms with Crippen LogP contribution in [0.25, 0.3) is 0 Å². The van der Waals surface area contributed by atoms with Crippen molar-refractivity contribution in [1.29, 1.82) is 0 Å². The minimum atomic E-state index is 0.443. The van der Waals surface area contributed by atoms with E-state index in [9.17, 15) is 0 Å². The fourth-order valence-electron chi connectivity index (χ4n) is 3.21. The predicted molar refractivity (Wildman–Crippen MR) is 94.1 cm³/mol. The van der Waals surface area contributed by atoms with Crippen LogP contribution in [0.3, 0.4) is 0 Å². The zero-order valence-corrected chi connectivity index (χ0v) is 14.5. The van der Waals surface area contributed by atoms with Crippen LogP contribution in [0.5, 0.6) is 11.5 Å². The number of nitrogens with two attached hydrogens (primary N) is 1. The summed E-state index contributed by atoms with van der Waals surface area (Å²) in [5, 5.41) is 3.30. The lowest BCUT2D eigenvalue weighted by molar-refractivity contribution is 0.123. The van der Waals surface area contributed by atoms with Crippen molar-refractivity contribution in [3.05, 3.63) is 23.8 Å². The fraction of sp³-hybridized carbons (Fsp3) is 0.611. The molecule has 5 nitrogen and oxygen atoms in total. The zero-order valence-electron chi connectivity index (χ0n) is 14.5. The zero-order chi connectivity index (χ0) is 16.7. The summed E-state index contributed by atoms with van der Waals surface area (Å²) in [7, 11) is 3.26. The Morgan fingerprint density at radius 1 is 1.26 bits per heavy atom. The number of nitrogens with zero attached hydrogens (tertiary/aromatic N) is 1. The van der Waals surface area contributed by atoms with Gasteiger partial charge >= 0.3 is 0 Å². The molecule has 1 saturated carbocycles. The Hall–Kier alpha value is -1.91. The number of rotatable bonds is 8. The van der Waals surface area contributed by atoms with Gasteiger partial charge in [0.25, 0.3) is 0 Å². The Bertz CT molecular complexity index is 539. The Labute approximate surface area is 139 Å². The lowest BCUT2D eigenvalue weighted by atomic mass is 9.66. The van der Waals surface area contributed by atoms with Gasteiger partial charge in [0, 0.05) is 6.54 Å². The summed E-state index contributed by atoms with van der Waals surface area (Å²) < 4.78 is 10.5. The molecule has 1 fully saturated rings. The maximum Gasteiger partial charge on any atom is 0.188 e. The SMILES string of the molecule is CCCC1(CNC(N)=NCc2ccc(OC)c(OC)c2)CCC1. The van der Waals surface area contributed by atoms with Crippen LogP contribution >= 0.6 is 0 Å². The van der Waals surface area contributed by atoms with Crippen molar-refractivity contribution < 1.29 is 9.47 Å². The molecular formula is C18H29N3O2. The third-order valence-corrected chi connectivity index (χ3v) is 4.72. The van der Waals surface area contributed by atoms with Gasteiger partial charge in [0.2, 0.25) is 0 Å². The monoisotopic (exact) mass is 319 g/mol. The molecule has 0 aromatic heterocycles. The molecular weight excluding hydrogens is 290 g/mol. The number of ether oxygens (including phenoxy) is 2. The highest BCUT2D eigenvalue weighted by Gasteiger charge is 2.35. The van der Waals surface area contributed by atoms with Crippen LogP contribution in [-0.4, -0.2) is 26.7 Å². The van der Waals surface area contributed by atoms with E-state index in [0.29, 0.717) is 23.7 Å². The van der Waals surface area contributed by atoms with Crippen molar-refractivity contribution >= 4 is 5.96 Å². The van der Waals surface area contributed by atoms with Gasteiger partial charge in [-0.1, -0.05) is 25.8 Å². The van der Waals surface area contributed by atoms with Gasteiger partial charge in [-0.05, 0) is 42.4 Å². The van der Waals surface area contributed by atoms with Gasteiger partial charge < -0.3 is 20.5 Å². The van der Waals surface area contributed by atoms with E-state index in [1.807, 2.05) is 18.2 Å². The summed E-state index contributed by atoms with van der Waals surface area (Å²) in [4.78, 5) is 4.43. The minimum Gasteiger partial charge on any atom is -0.493 e. The summed E-state index contributed by atoms with van der Waals surface area (Å²) in [6, 6.07) is 5.79. The van der Waals surface area contributed by atoms with Gasteiger partial charge in [0.1, 0.15) is 0 Å². The quantitative estimate of drug-likeness (QED) is 0.571. The molecule has 3 N–H and O–H groups in total. The second kappa shape index (κ2) is 8.09. The van der Waals surface area contributed by atoms with E-state index in [1.54, 1.807) is 14.2 Å². The van der Waals surface area contributed by atoms with E-state index in [1.165, 1.54) is 32.1 Å². The van der Waals surface area contributed by atoms with E-state index in [0.717, 1.165) is 17.9 Å². The van der Waals surface area contributed by atoms with Crippen LogP contribution in [0.4, 0.5) is 0 Å². The molecule has 0 amide bonds. The van der Waals surface area contributed by atoms with E-state index >= 15 is 0 Å². The molecule has 0 bridgehead atoms. The normalized spacial score (nSPS) is 16.6. The number of benzene rings is 1. The van der Waals surface area contributed by atoms with Gasteiger partial charge in [-0.15, -0.1) is 0 Å². The molecule has 0 heterocycles. The minimum absolute atomic E-state index is 0.443. The highest BCUT2D eigenvalue weighted by atomic mass is 16.5. The van der Waals surface area contributed by atoms with Crippen LogP contribution in [0, 0.1) is 5.41 Å². The molecule has 0 radical (unpaired) electrons. The highest BCUT2D eigenvalue weighted by molar-refractivity contribution is 5.77. The second-order valence-electron chi connectivity index (χ2n) is 6.35. The van der Waals surface area contributed by atoms with Crippen LogP contribution in [0.2, 0.25) is 0 Å². The van der Waals surface area contributed by atoms with Crippen molar-refractivity contribution in [3.8, 4) is 11.5 Å². The van der Waals surface area contributed by atoms with E-state index in [4.69, 9.17) is 15.2 Å². The molecule has 2 rings (SSSR count). The molecule has 0 saturated heterocycles. The molecule has 128 valence electrons. The average Bonchev–Trinajstić information content (AvgIpc) is 2.54. The molecule has 1 aliphatic rings. The summed E-state index contributed by atoms with van der Waals surface area (Å²) in [6.45, 7) is 3.71. The topological polar surface area (TPSA) is 68.9 Å². The van der Waals surface area contributed by atoms with Crippen molar-refractivity contribution in [2.24, 2.45) is 16.1 Å². The van der Waals surface area contributed by atoms with Crippen molar-refractivity contribution in [1.82, 2.24) is 5.32 Å². The molecule has 1 aromatic carbocycles.